The SMILES string of the molecule is CCCC[C@H](CC)CNC(=O)CN(C)S(=O)(=O)c1ccc2c(c1)c(=O)n(C)c(=O)n2C. The summed E-state index contributed by atoms with van der Waals surface area (Å²) >= 11 is 0. The number of hydrogen-bond acceptors (Lipinski definition) is 5. The van der Waals surface area contributed by atoms with Gasteiger partial charge < -0.3 is 5.32 Å². The molecule has 1 amide bonds. The van der Waals surface area contributed by atoms with Crippen molar-refractivity contribution >= 4 is 26.8 Å². The fraction of sp³-hybridized carbons (Fsp3) is 0.571. The molecule has 0 aliphatic rings. The second-order valence-corrected chi connectivity index (χ2v) is 9.91. The van der Waals surface area contributed by atoms with Gasteiger partial charge in [-0.2, -0.15) is 4.31 Å². The number of unbranched alkanes of at least 4 members (excludes halogenated alkanes) is 1. The van der Waals surface area contributed by atoms with Gasteiger partial charge in [0.05, 0.1) is 22.3 Å². The molecule has 9 nitrogen and oxygen atoms in total. The second-order valence-electron chi connectivity index (χ2n) is 7.87. The van der Waals surface area contributed by atoms with Crippen molar-refractivity contribution in [3.05, 3.63) is 39.0 Å². The number of fused-ring (bicyclic) bond motifs is 1. The maximum absolute atomic E-state index is 13.0. The van der Waals surface area contributed by atoms with Crippen molar-refractivity contribution in [3.63, 3.8) is 0 Å². The molecule has 172 valence electrons. The molecule has 31 heavy (non-hydrogen) atoms. The van der Waals surface area contributed by atoms with Gasteiger partial charge in [-0.1, -0.05) is 33.1 Å². The van der Waals surface area contributed by atoms with Gasteiger partial charge in [-0.05, 0) is 30.5 Å². The van der Waals surface area contributed by atoms with Crippen LogP contribution in [0.25, 0.3) is 10.9 Å². The van der Waals surface area contributed by atoms with Crippen LogP contribution in [0.1, 0.15) is 39.5 Å². The second kappa shape index (κ2) is 10.2. The summed E-state index contributed by atoms with van der Waals surface area (Å²) in [6, 6.07) is 4.01. The first-order chi connectivity index (χ1) is 14.5. The van der Waals surface area contributed by atoms with Crippen molar-refractivity contribution in [2.45, 2.75) is 44.4 Å². The highest BCUT2D eigenvalue weighted by atomic mass is 32.2. The van der Waals surface area contributed by atoms with Crippen LogP contribution >= 0.6 is 0 Å². The van der Waals surface area contributed by atoms with Gasteiger partial charge in [0.2, 0.25) is 15.9 Å². The van der Waals surface area contributed by atoms with E-state index in [4.69, 9.17) is 0 Å². The van der Waals surface area contributed by atoms with Gasteiger partial charge in [0.1, 0.15) is 0 Å². The van der Waals surface area contributed by atoms with Crippen molar-refractivity contribution in [3.8, 4) is 0 Å². The number of aromatic nitrogens is 2. The van der Waals surface area contributed by atoms with Crippen molar-refractivity contribution in [1.82, 2.24) is 18.8 Å². The highest BCUT2D eigenvalue weighted by Crippen LogP contribution is 2.18. The molecule has 10 heteroatoms. The normalized spacial score (nSPS) is 13.0. The van der Waals surface area contributed by atoms with Crippen molar-refractivity contribution in [2.24, 2.45) is 20.0 Å². The number of amides is 1. The van der Waals surface area contributed by atoms with Crippen LogP contribution in [-0.2, 0) is 28.9 Å². The van der Waals surface area contributed by atoms with E-state index in [0.717, 1.165) is 34.6 Å². The summed E-state index contributed by atoms with van der Waals surface area (Å²) in [5.74, 6) is -0.00529. The van der Waals surface area contributed by atoms with Gasteiger partial charge >= 0.3 is 5.69 Å². The summed E-state index contributed by atoms with van der Waals surface area (Å²) in [5, 5.41) is 2.94. The molecule has 1 aromatic carbocycles. The van der Waals surface area contributed by atoms with E-state index in [-0.39, 0.29) is 22.7 Å². The van der Waals surface area contributed by atoms with Gasteiger partial charge in [-0.15, -0.1) is 0 Å². The van der Waals surface area contributed by atoms with E-state index in [9.17, 15) is 22.8 Å². The molecule has 0 aliphatic carbocycles. The average molecular weight is 453 g/mol. The molecule has 1 heterocycles. The average Bonchev–Trinajstić information content (AvgIpc) is 2.75. The minimum atomic E-state index is -4.00. The first-order valence-corrected chi connectivity index (χ1v) is 11.9. The first kappa shape index (κ1) is 24.8. The van der Waals surface area contributed by atoms with E-state index < -0.39 is 21.3 Å². The third-order valence-corrected chi connectivity index (χ3v) is 7.44. The fourth-order valence-corrected chi connectivity index (χ4v) is 4.61. The van der Waals surface area contributed by atoms with Crippen LogP contribution in [0.4, 0.5) is 0 Å². The lowest BCUT2D eigenvalue weighted by atomic mass is 9.99. The number of nitrogens with zero attached hydrogens (tertiary/aromatic N) is 3. The highest BCUT2D eigenvalue weighted by molar-refractivity contribution is 7.89. The van der Waals surface area contributed by atoms with Crippen molar-refractivity contribution in [2.75, 3.05) is 20.1 Å². The third kappa shape index (κ3) is 5.43. The number of benzene rings is 1. The summed E-state index contributed by atoms with van der Waals surface area (Å²) in [6.07, 6.45) is 4.16. The number of likely N-dealkylation sites (N-methyl/N-ethyl adjacent to an activating group) is 1. The van der Waals surface area contributed by atoms with Crippen LogP contribution in [0.3, 0.4) is 0 Å². The molecule has 0 saturated heterocycles. The Labute approximate surface area is 182 Å². The molecule has 1 atom stereocenters. The van der Waals surface area contributed by atoms with Crippen LogP contribution < -0.4 is 16.6 Å². The molecule has 0 fully saturated rings. The monoisotopic (exact) mass is 452 g/mol. The van der Waals surface area contributed by atoms with E-state index in [1.807, 2.05) is 0 Å². The highest BCUT2D eigenvalue weighted by Gasteiger charge is 2.24. The molecule has 0 unspecified atom stereocenters. The lowest BCUT2D eigenvalue weighted by Gasteiger charge is -2.19. The Morgan fingerprint density at radius 1 is 1.16 bits per heavy atom. The zero-order chi connectivity index (χ0) is 23.3. The largest absolute Gasteiger partial charge is 0.355 e. The van der Waals surface area contributed by atoms with Crippen LogP contribution in [0, 0.1) is 5.92 Å². The topological polar surface area (TPSA) is 110 Å². The van der Waals surface area contributed by atoms with E-state index in [1.54, 1.807) is 0 Å². The Hall–Kier alpha value is -2.46. The number of carbonyl (C=O) groups excluding carboxylic acids is 1. The predicted molar refractivity (Wildman–Crippen MR) is 121 cm³/mol. The Morgan fingerprint density at radius 2 is 1.84 bits per heavy atom. The van der Waals surface area contributed by atoms with Crippen molar-refractivity contribution < 1.29 is 13.2 Å². The molecular formula is C21H32N4O5S. The zero-order valence-electron chi connectivity index (χ0n) is 18.8. The van der Waals surface area contributed by atoms with Gasteiger partial charge in [-0.3, -0.25) is 18.7 Å². The van der Waals surface area contributed by atoms with Crippen LogP contribution in [0.5, 0.6) is 0 Å². The molecule has 0 radical (unpaired) electrons. The minimum Gasteiger partial charge on any atom is -0.355 e. The maximum atomic E-state index is 13.0. The number of carbonyl (C=O) groups is 1. The Morgan fingerprint density at radius 3 is 2.45 bits per heavy atom. The molecule has 0 saturated carbocycles. The van der Waals surface area contributed by atoms with Crippen molar-refractivity contribution in [1.29, 1.82) is 0 Å². The molecule has 0 aliphatic heterocycles. The summed E-state index contributed by atoms with van der Waals surface area (Å²) in [6.45, 7) is 4.38. The van der Waals surface area contributed by atoms with Gasteiger partial charge in [0.25, 0.3) is 5.56 Å². The van der Waals surface area contributed by atoms with Gasteiger partial charge in [0.15, 0.2) is 0 Å². The Bertz CT molecular complexity index is 1170. The summed E-state index contributed by atoms with van der Waals surface area (Å²) in [5.41, 5.74) is -0.732. The quantitative estimate of drug-likeness (QED) is 0.582. The lowest BCUT2D eigenvalue weighted by Crippen LogP contribution is -2.40. The number of aryl methyl sites for hydroxylation is 1. The number of hydrogen-bond donors (Lipinski definition) is 1. The van der Waals surface area contributed by atoms with Crippen LogP contribution in [0.2, 0.25) is 0 Å². The minimum absolute atomic E-state index is 0.111. The maximum Gasteiger partial charge on any atom is 0.330 e. The zero-order valence-corrected chi connectivity index (χ0v) is 19.7. The Balaban J connectivity index is 2.21. The Kier molecular flexibility index (Phi) is 8.19. The molecule has 1 aromatic heterocycles. The molecular weight excluding hydrogens is 420 g/mol. The van der Waals surface area contributed by atoms with E-state index in [2.05, 4.69) is 19.2 Å². The number of sulfonamides is 1. The molecule has 2 aromatic rings. The molecule has 1 N–H and O–H groups in total. The van der Waals surface area contributed by atoms with E-state index >= 15 is 0 Å². The molecule has 0 bridgehead atoms. The van der Waals surface area contributed by atoms with Gasteiger partial charge in [0, 0.05) is 27.7 Å². The van der Waals surface area contributed by atoms with Crippen LogP contribution in [0.15, 0.2) is 32.7 Å². The summed E-state index contributed by atoms with van der Waals surface area (Å²) < 4.78 is 29.1. The van der Waals surface area contributed by atoms with E-state index in [1.165, 1.54) is 43.9 Å². The summed E-state index contributed by atoms with van der Waals surface area (Å²) in [4.78, 5) is 36.7. The standard InChI is InChI=1S/C21H32N4O5S/c1-6-8-9-15(7-2)13-22-19(26)14-23(3)31(29,30)16-10-11-18-17(12-16)20(27)25(5)21(28)24(18)4/h10-12,15H,6-9,13-14H2,1-5H3,(H,22,26)/t15-/m0/s1. The fourth-order valence-electron chi connectivity index (χ4n) is 3.46. The number of rotatable bonds is 10. The lowest BCUT2D eigenvalue weighted by molar-refractivity contribution is -0.121. The van der Waals surface area contributed by atoms with E-state index in [0.29, 0.717) is 18.0 Å². The molecule has 0 spiro atoms. The predicted octanol–water partition coefficient (Wildman–Crippen LogP) is 1.19. The third-order valence-electron chi connectivity index (χ3n) is 5.64. The smallest absolute Gasteiger partial charge is 0.330 e. The number of nitrogens with one attached hydrogen (secondary N) is 1. The van der Waals surface area contributed by atoms with Crippen LogP contribution in [-0.4, -0.2) is 47.9 Å². The van der Waals surface area contributed by atoms with Gasteiger partial charge in [-0.25, -0.2) is 13.2 Å². The summed E-state index contributed by atoms with van der Waals surface area (Å²) in [7, 11) is 0.178. The molecule has 2 rings (SSSR count). The first-order valence-electron chi connectivity index (χ1n) is 10.5.